The van der Waals surface area contributed by atoms with Crippen LogP contribution in [0.3, 0.4) is 0 Å². The van der Waals surface area contributed by atoms with Crippen LogP contribution in [0.1, 0.15) is 13.3 Å². The number of aliphatic hydroxyl groups excluding tert-OH is 2. The molecule has 0 saturated carbocycles. The molecule has 0 aromatic heterocycles. The third-order valence-electron chi connectivity index (χ3n) is 2.05. The van der Waals surface area contributed by atoms with Crippen LogP contribution in [0.4, 0.5) is 0 Å². The first-order valence-electron chi connectivity index (χ1n) is 3.99. The van der Waals surface area contributed by atoms with Crippen LogP contribution in [0.2, 0.25) is 0 Å². The van der Waals surface area contributed by atoms with Gasteiger partial charge in [0.15, 0.2) is 0 Å². The standard InChI is InChI=1S/C9H12O4/c1-5-2-7(10)8(11)3-6(5)4-9(12)13/h2,4,7-8,10-11H,3H2,1H3,(H,12,13)/b6-4+/t7-,8-/m1/s1. The molecule has 0 amide bonds. The van der Waals surface area contributed by atoms with E-state index in [2.05, 4.69) is 0 Å². The van der Waals surface area contributed by atoms with Crippen LogP contribution in [0.5, 0.6) is 0 Å². The van der Waals surface area contributed by atoms with Crippen LogP contribution in [-0.2, 0) is 4.79 Å². The lowest BCUT2D eigenvalue weighted by Gasteiger charge is -2.23. The highest BCUT2D eigenvalue weighted by Gasteiger charge is 2.22. The fourth-order valence-corrected chi connectivity index (χ4v) is 1.30. The number of carboxylic acid groups (broad SMARTS) is 1. The molecule has 0 fully saturated rings. The fraction of sp³-hybridized carbons (Fsp3) is 0.444. The predicted molar refractivity (Wildman–Crippen MR) is 46.1 cm³/mol. The highest BCUT2D eigenvalue weighted by atomic mass is 16.4. The van der Waals surface area contributed by atoms with Crippen LogP contribution in [0.15, 0.2) is 23.3 Å². The summed E-state index contributed by atoms with van der Waals surface area (Å²) >= 11 is 0. The first-order valence-corrected chi connectivity index (χ1v) is 3.99. The van der Waals surface area contributed by atoms with Crippen molar-refractivity contribution >= 4 is 5.97 Å². The lowest BCUT2D eigenvalue weighted by molar-refractivity contribution is -0.131. The SMILES string of the molecule is CC1=C[C@@H](O)[C@H](O)C/C1=C\C(=O)O. The van der Waals surface area contributed by atoms with Crippen molar-refractivity contribution in [2.24, 2.45) is 0 Å². The molecular weight excluding hydrogens is 172 g/mol. The number of carbonyl (C=O) groups is 1. The van der Waals surface area contributed by atoms with Crippen molar-refractivity contribution in [3.63, 3.8) is 0 Å². The molecule has 0 saturated heterocycles. The molecule has 0 radical (unpaired) electrons. The van der Waals surface area contributed by atoms with Crippen molar-refractivity contribution in [1.29, 1.82) is 0 Å². The van der Waals surface area contributed by atoms with Gasteiger partial charge in [-0.1, -0.05) is 6.08 Å². The number of aliphatic carboxylic acids is 1. The summed E-state index contributed by atoms with van der Waals surface area (Å²) in [7, 11) is 0. The number of carboxylic acids is 1. The molecule has 4 heteroatoms. The lowest BCUT2D eigenvalue weighted by atomic mass is 9.90. The summed E-state index contributed by atoms with van der Waals surface area (Å²) in [5, 5.41) is 26.9. The zero-order valence-electron chi connectivity index (χ0n) is 7.27. The Bertz CT molecular complexity index is 277. The van der Waals surface area contributed by atoms with E-state index in [9.17, 15) is 15.0 Å². The Morgan fingerprint density at radius 1 is 1.62 bits per heavy atom. The number of aliphatic hydroxyl groups is 2. The molecule has 1 aliphatic carbocycles. The molecule has 0 aromatic rings. The molecule has 1 rings (SSSR count). The van der Waals surface area contributed by atoms with Gasteiger partial charge in [-0.25, -0.2) is 4.79 Å². The molecule has 0 spiro atoms. The largest absolute Gasteiger partial charge is 0.478 e. The second-order valence-corrected chi connectivity index (χ2v) is 3.12. The van der Waals surface area contributed by atoms with Gasteiger partial charge in [0.05, 0.1) is 12.2 Å². The molecule has 0 unspecified atom stereocenters. The second kappa shape index (κ2) is 3.72. The smallest absolute Gasteiger partial charge is 0.328 e. The lowest BCUT2D eigenvalue weighted by Crippen LogP contribution is -2.28. The van der Waals surface area contributed by atoms with Crippen molar-refractivity contribution < 1.29 is 20.1 Å². The average molecular weight is 184 g/mol. The summed E-state index contributed by atoms with van der Waals surface area (Å²) < 4.78 is 0. The van der Waals surface area contributed by atoms with E-state index in [1.54, 1.807) is 6.92 Å². The Hall–Kier alpha value is -1.13. The van der Waals surface area contributed by atoms with Gasteiger partial charge in [0.1, 0.15) is 0 Å². The molecule has 0 bridgehead atoms. The third kappa shape index (κ3) is 2.40. The first kappa shape index (κ1) is 9.95. The fourth-order valence-electron chi connectivity index (χ4n) is 1.30. The van der Waals surface area contributed by atoms with Gasteiger partial charge in [0.25, 0.3) is 0 Å². The molecule has 4 nitrogen and oxygen atoms in total. The van der Waals surface area contributed by atoms with Gasteiger partial charge in [0.2, 0.25) is 0 Å². The van der Waals surface area contributed by atoms with E-state index in [0.717, 1.165) is 6.08 Å². The summed E-state index contributed by atoms with van der Waals surface area (Å²) in [6.07, 6.45) is 0.930. The van der Waals surface area contributed by atoms with Crippen LogP contribution in [0.25, 0.3) is 0 Å². The minimum Gasteiger partial charge on any atom is -0.478 e. The second-order valence-electron chi connectivity index (χ2n) is 3.12. The van der Waals surface area contributed by atoms with Crippen molar-refractivity contribution in [2.75, 3.05) is 0 Å². The molecule has 1 aliphatic rings. The number of rotatable bonds is 1. The van der Waals surface area contributed by atoms with Crippen LogP contribution in [0, 0.1) is 0 Å². The Morgan fingerprint density at radius 2 is 2.23 bits per heavy atom. The minimum absolute atomic E-state index is 0.190. The maximum atomic E-state index is 10.4. The van der Waals surface area contributed by atoms with Crippen molar-refractivity contribution in [3.05, 3.63) is 23.3 Å². The molecule has 0 aromatic carbocycles. The van der Waals surface area contributed by atoms with Crippen LogP contribution in [-0.4, -0.2) is 33.5 Å². The van der Waals surface area contributed by atoms with Crippen molar-refractivity contribution in [2.45, 2.75) is 25.6 Å². The monoisotopic (exact) mass is 184 g/mol. The minimum atomic E-state index is -1.04. The Morgan fingerprint density at radius 3 is 2.77 bits per heavy atom. The summed E-state index contributed by atoms with van der Waals surface area (Å²) in [5.41, 5.74) is 1.27. The maximum Gasteiger partial charge on any atom is 0.328 e. The van der Waals surface area contributed by atoms with E-state index in [1.165, 1.54) is 6.08 Å². The molecule has 0 heterocycles. The van der Waals surface area contributed by atoms with E-state index >= 15 is 0 Å². The Balaban J connectivity index is 2.91. The molecule has 3 N–H and O–H groups in total. The Labute approximate surface area is 75.8 Å². The maximum absolute atomic E-state index is 10.4. The van der Waals surface area contributed by atoms with Crippen LogP contribution >= 0.6 is 0 Å². The van der Waals surface area contributed by atoms with Gasteiger partial charge in [-0.3, -0.25) is 0 Å². The van der Waals surface area contributed by atoms with E-state index in [1.807, 2.05) is 0 Å². The van der Waals surface area contributed by atoms with Gasteiger partial charge in [-0.2, -0.15) is 0 Å². The quantitative estimate of drug-likeness (QED) is 0.504. The van der Waals surface area contributed by atoms with E-state index < -0.39 is 18.2 Å². The first-order chi connectivity index (χ1) is 6.00. The average Bonchev–Trinajstić information content (AvgIpc) is 1.99. The molecule has 72 valence electrons. The molecule has 0 aliphatic heterocycles. The Kier molecular flexibility index (Phi) is 2.85. The van der Waals surface area contributed by atoms with Gasteiger partial charge in [-0.05, 0) is 18.1 Å². The highest BCUT2D eigenvalue weighted by molar-refractivity contribution is 5.81. The van der Waals surface area contributed by atoms with Crippen LogP contribution < -0.4 is 0 Å². The zero-order chi connectivity index (χ0) is 10.0. The van der Waals surface area contributed by atoms with Crippen molar-refractivity contribution in [1.82, 2.24) is 0 Å². The molecular formula is C9H12O4. The van der Waals surface area contributed by atoms with Gasteiger partial charge in [0, 0.05) is 12.5 Å². The normalized spacial score (nSPS) is 31.6. The summed E-state index contributed by atoms with van der Waals surface area (Å²) in [4.78, 5) is 10.4. The van der Waals surface area contributed by atoms with E-state index in [0.29, 0.717) is 11.1 Å². The predicted octanol–water partition coefficient (Wildman–Crippen LogP) is 0.0692. The van der Waals surface area contributed by atoms with Gasteiger partial charge in [-0.15, -0.1) is 0 Å². The topological polar surface area (TPSA) is 77.8 Å². The highest BCUT2D eigenvalue weighted by Crippen LogP contribution is 2.23. The van der Waals surface area contributed by atoms with Gasteiger partial charge >= 0.3 is 5.97 Å². The summed E-state index contributed by atoms with van der Waals surface area (Å²) in [5.74, 6) is -1.04. The third-order valence-corrected chi connectivity index (χ3v) is 2.05. The van der Waals surface area contributed by atoms with Crippen molar-refractivity contribution in [3.8, 4) is 0 Å². The molecule has 2 atom stereocenters. The number of hydrogen-bond acceptors (Lipinski definition) is 3. The van der Waals surface area contributed by atoms with Gasteiger partial charge < -0.3 is 15.3 Å². The molecule has 13 heavy (non-hydrogen) atoms. The number of allylic oxidation sites excluding steroid dienone is 1. The number of hydrogen-bond donors (Lipinski definition) is 3. The van der Waals surface area contributed by atoms with E-state index in [4.69, 9.17) is 5.11 Å². The summed E-state index contributed by atoms with van der Waals surface area (Å²) in [6.45, 7) is 1.71. The summed E-state index contributed by atoms with van der Waals surface area (Å²) in [6, 6.07) is 0. The zero-order valence-corrected chi connectivity index (χ0v) is 7.27. The van der Waals surface area contributed by atoms with E-state index in [-0.39, 0.29) is 6.42 Å².